The summed E-state index contributed by atoms with van der Waals surface area (Å²) in [6.45, 7) is 3.39. The summed E-state index contributed by atoms with van der Waals surface area (Å²) in [5.74, 6) is -0.545. The monoisotopic (exact) mass is 440 g/mol. The number of sulfone groups is 1. The third kappa shape index (κ3) is 5.03. The first-order valence-electron chi connectivity index (χ1n) is 9.60. The third-order valence-corrected chi connectivity index (χ3v) is 8.31. The van der Waals surface area contributed by atoms with Crippen LogP contribution in [0.3, 0.4) is 0 Å². The van der Waals surface area contributed by atoms with Crippen molar-refractivity contribution in [3.63, 3.8) is 0 Å². The van der Waals surface area contributed by atoms with Crippen LogP contribution in [-0.4, -0.2) is 36.0 Å². The molecule has 2 N–H and O–H groups in total. The molecule has 0 aliphatic carbocycles. The van der Waals surface area contributed by atoms with Crippen LogP contribution in [0, 0.1) is 5.82 Å². The molecule has 3 rings (SSSR count). The molecule has 0 spiro atoms. The maximum Gasteiger partial charge on any atom is 0.241 e. The quantitative estimate of drug-likeness (QED) is 0.646. The number of nitrogens with one attached hydrogen (secondary N) is 2. The molecule has 6 nitrogen and oxygen atoms in total. The van der Waals surface area contributed by atoms with Crippen molar-refractivity contribution < 1.29 is 21.2 Å². The second kappa shape index (κ2) is 8.91. The van der Waals surface area contributed by atoms with Crippen LogP contribution in [0.15, 0.2) is 57.2 Å². The molecule has 0 radical (unpaired) electrons. The molecule has 0 saturated carbocycles. The lowest BCUT2D eigenvalue weighted by atomic mass is 10.1. The summed E-state index contributed by atoms with van der Waals surface area (Å²) in [5.41, 5.74) is 0.576. The van der Waals surface area contributed by atoms with Crippen LogP contribution in [0.2, 0.25) is 0 Å². The van der Waals surface area contributed by atoms with E-state index in [2.05, 4.69) is 10.0 Å². The van der Waals surface area contributed by atoms with Gasteiger partial charge in [0.25, 0.3) is 0 Å². The number of halogens is 1. The third-order valence-electron chi connectivity index (χ3n) is 4.94. The fourth-order valence-electron chi connectivity index (χ4n) is 3.40. The van der Waals surface area contributed by atoms with Gasteiger partial charge in [0.2, 0.25) is 19.9 Å². The Kier molecular flexibility index (Phi) is 6.72. The highest BCUT2D eigenvalue weighted by atomic mass is 32.2. The fourth-order valence-corrected chi connectivity index (χ4v) is 6.36. The maximum atomic E-state index is 13.2. The molecule has 2 aromatic rings. The van der Waals surface area contributed by atoms with E-state index in [9.17, 15) is 21.2 Å². The van der Waals surface area contributed by atoms with E-state index in [4.69, 9.17) is 0 Å². The Morgan fingerprint density at radius 1 is 1.00 bits per heavy atom. The lowest BCUT2D eigenvalue weighted by Gasteiger charge is -2.24. The van der Waals surface area contributed by atoms with E-state index in [0.29, 0.717) is 24.8 Å². The van der Waals surface area contributed by atoms with Gasteiger partial charge in [0.05, 0.1) is 14.7 Å². The molecular weight excluding hydrogens is 415 g/mol. The number of hydrogen-bond acceptors (Lipinski definition) is 5. The first kappa shape index (κ1) is 21.9. The molecule has 0 aromatic heterocycles. The van der Waals surface area contributed by atoms with Crippen LogP contribution in [-0.2, 0) is 26.3 Å². The van der Waals surface area contributed by atoms with Gasteiger partial charge >= 0.3 is 0 Å². The first-order chi connectivity index (χ1) is 13.7. The van der Waals surface area contributed by atoms with E-state index >= 15 is 0 Å². The summed E-state index contributed by atoms with van der Waals surface area (Å²) < 4.78 is 67.9. The van der Waals surface area contributed by atoms with Crippen molar-refractivity contribution in [1.29, 1.82) is 0 Å². The van der Waals surface area contributed by atoms with E-state index in [1.54, 1.807) is 6.07 Å². The van der Waals surface area contributed by atoms with Gasteiger partial charge in [0.15, 0.2) is 0 Å². The summed E-state index contributed by atoms with van der Waals surface area (Å²) in [4.78, 5) is -0.229. The largest absolute Gasteiger partial charge is 0.317 e. The van der Waals surface area contributed by atoms with Gasteiger partial charge in [0.1, 0.15) is 5.82 Å². The van der Waals surface area contributed by atoms with Crippen LogP contribution in [0.4, 0.5) is 4.39 Å². The topological polar surface area (TPSA) is 92.3 Å². The lowest BCUT2D eigenvalue weighted by molar-refractivity contribution is 0.427. The first-order valence-corrected chi connectivity index (χ1v) is 12.6. The Morgan fingerprint density at radius 3 is 2.24 bits per heavy atom. The molecule has 0 amide bonds. The molecule has 9 heteroatoms. The van der Waals surface area contributed by atoms with Gasteiger partial charge in [0, 0.05) is 6.04 Å². The zero-order chi connectivity index (χ0) is 21.1. The summed E-state index contributed by atoms with van der Waals surface area (Å²) in [7, 11) is -7.86. The Bertz CT molecular complexity index is 1060. The van der Waals surface area contributed by atoms with Crippen LogP contribution in [0.5, 0.6) is 0 Å². The smallest absolute Gasteiger partial charge is 0.241 e. The van der Waals surface area contributed by atoms with Crippen molar-refractivity contribution in [1.82, 2.24) is 10.0 Å². The molecule has 1 fully saturated rings. The SMILES string of the molecule is CCCc1ccc(S(=O)(=O)c2ccc(F)cc2)cc1S(=O)(=O)NC1CCNCC1. The van der Waals surface area contributed by atoms with Crippen molar-refractivity contribution >= 4 is 19.9 Å². The average molecular weight is 441 g/mol. The van der Waals surface area contributed by atoms with Gasteiger partial charge in [-0.15, -0.1) is 0 Å². The maximum absolute atomic E-state index is 13.2. The number of rotatable bonds is 7. The average Bonchev–Trinajstić information content (AvgIpc) is 2.69. The molecule has 158 valence electrons. The number of aryl methyl sites for hydroxylation is 1. The van der Waals surface area contributed by atoms with Crippen molar-refractivity contribution in [2.75, 3.05) is 13.1 Å². The molecule has 2 aromatic carbocycles. The lowest BCUT2D eigenvalue weighted by Crippen LogP contribution is -2.42. The second-order valence-corrected chi connectivity index (χ2v) is 10.8. The van der Waals surface area contributed by atoms with Crippen LogP contribution in [0.1, 0.15) is 31.7 Å². The van der Waals surface area contributed by atoms with Crippen molar-refractivity contribution in [3.05, 3.63) is 53.8 Å². The minimum Gasteiger partial charge on any atom is -0.317 e. The molecule has 1 aliphatic rings. The van der Waals surface area contributed by atoms with Gasteiger partial charge in [-0.25, -0.2) is 25.9 Å². The second-order valence-electron chi connectivity index (χ2n) is 7.12. The van der Waals surface area contributed by atoms with Gasteiger partial charge in [-0.1, -0.05) is 19.4 Å². The molecule has 0 atom stereocenters. The van der Waals surface area contributed by atoms with Crippen LogP contribution < -0.4 is 10.0 Å². The highest BCUT2D eigenvalue weighted by Crippen LogP contribution is 2.27. The summed E-state index contributed by atoms with van der Waals surface area (Å²) >= 11 is 0. The number of hydrogen-bond donors (Lipinski definition) is 2. The molecule has 1 heterocycles. The molecular formula is C20H25FN2O4S2. The van der Waals surface area contributed by atoms with E-state index < -0.39 is 25.7 Å². The van der Waals surface area contributed by atoms with Crippen molar-refractivity contribution in [3.8, 4) is 0 Å². The van der Waals surface area contributed by atoms with E-state index in [1.807, 2.05) is 6.92 Å². The highest BCUT2D eigenvalue weighted by molar-refractivity contribution is 7.91. The standard InChI is InChI=1S/C20H25FN2O4S2/c1-2-3-15-4-7-19(28(24,25)18-8-5-16(21)6-9-18)14-20(15)29(26,27)23-17-10-12-22-13-11-17/h4-9,14,17,22-23H,2-3,10-13H2,1H3. The van der Waals surface area contributed by atoms with Gasteiger partial charge in [-0.05, 0) is 74.3 Å². The normalized spacial score (nSPS) is 16.1. The number of benzene rings is 2. The fraction of sp³-hybridized carbons (Fsp3) is 0.400. The predicted molar refractivity (Wildman–Crippen MR) is 109 cm³/mol. The van der Waals surface area contributed by atoms with Gasteiger partial charge in [-0.3, -0.25) is 0 Å². The van der Waals surface area contributed by atoms with Gasteiger partial charge in [-0.2, -0.15) is 0 Å². The van der Waals surface area contributed by atoms with Crippen LogP contribution in [0.25, 0.3) is 0 Å². The van der Waals surface area contributed by atoms with E-state index in [-0.39, 0.29) is 20.7 Å². The van der Waals surface area contributed by atoms with Crippen molar-refractivity contribution in [2.24, 2.45) is 0 Å². The Morgan fingerprint density at radius 2 is 1.62 bits per heavy atom. The Balaban J connectivity index is 2.02. The van der Waals surface area contributed by atoms with Crippen molar-refractivity contribution in [2.45, 2.75) is 53.3 Å². The zero-order valence-electron chi connectivity index (χ0n) is 16.2. The Hall–Kier alpha value is -1.81. The molecule has 1 saturated heterocycles. The number of piperidine rings is 1. The summed E-state index contributed by atoms with van der Waals surface area (Å²) in [6, 6.07) is 8.46. The zero-order valence-corrected chi connectivity index (χ0v) is 17.8. The molecule has 0 bridgehead atoms. The number of sulfonamides is 1. The van der Waals surface area contributed by atoms with Gasteiger partial charge < -0.3 is 5.32 Å². The Labute approximate surface area is 171 Å². The minimum absolute atomic E-state index is 0.0129. The van der Waals surface area contributed by atoms with E-state index in [0.717, 1.165) is 31.6 Å². The summed E-state index contributed by atoms with van der Waals surface area (Å²) in [5, 5.41) is 3.18. The predicted octanol–water partition coefficient (Wildman–Crippen LogP) is 2.64. The molecule has 29 heavy (non-hydrogen) atoms. The molecule has 0 unspecified atom stereocenters. The highest BCUT2D eigenvalue weighted by Gasteiger charge is 2.27. The summed E-state index contributed by atoms with van der Waals surface area (Å²) in [6.07, 6.45) is 2.59. The minimum atomic E-state index is -3.97. The van der Waals surface area contributed by atoms with Crippen LogP contribution >= 0.6 is 0 Å². The molecule has 1 aliphatic heterocycles. The van der Waals surface area contributed by atoms with E-state index in [1.165, 1.54) is 24.3 Å².